The summed E-state index contributed by atoms with van der Waals surface area (Å²) >= 11 is 0. The molecule has 0 spiro atoms. The van der Waals surface area contributed by atoms with E-state index >= 15 is 0 Å². The number of aryl methyl sites for hydroxylation is 1. The summed E-state index contributed by atoms with van der Waals surface area (Å²) in [4.78, 5) is 14.6. The van der Waals surface area contributed by atoms with Crippen molar-refractivity contribution in [3.05, 3.63) is 42.2 Å². The van der Waals surface area contributed by atoms with Crippen molar-refractivity contribution in [1.82, 2.24) is 10.3 Å². The van der Waals surface area contributed by atoms with Gasteiger partial charge < -0.3 is 10.4 Å². The lowest BCUT2D eigenvalue weighted by Gasteiger charge is -2.05. The van der Waals surface area contributed by atoms with Crippen LogP contribution in [0.5, 0.6) is 0 Å². The fraction of sp³-hybridized carbons (Fsp3) is 0.231. The summed E-state index contributed by atoms with van der Waals surface area (Å²) in [6, 6.07) is 10.1. The van der Waals surface area contributed by atoms with E-state index in [1.807, 2.05) is 24.3 Å². The number of nitrogens with zero attached hydrogens (tertiary/aromatic N) is 1. The van der Waals surface area contributed by atoms with Gasteiger partial charge in [0, 0.05) is 23.8 Å². The zero-order valence-corrected chi connectivity index (χ0v) is 9.39. The fourth-order valence-corrected chi connectivity index (χ4v) is 1.83. The average Bonchev–Trinajstić information content (AvgIpc) is 2.34. The summed E-state index contributed by atoms with van der Waals surface area (Å²) in [6.07, 6.45) is 2.35. The van der Waals surface area contributed by atoms with E-state index in [0.717, 1.165) is 23.9 Å². The molecule has 1 amide bonds. The minimum absolute atomic E-state index is 0.459. The largest absolute Gasteiger partial charge is 0.465 e. The SMILES string of the molecule is O=C(O)NCCCc1nccc2ccccc12. The molecule has 0 radical (unpaired) electrons. The zero-order chi connectivity index (χ0) is 12.1. The van der Waals surface area contributed by atoms with Crippen LogP contribution in [0.3, 0.4) is 0 Å². The summed E-state index contributed by atoms with van der Waals surface area (Å²) in [5.74, 6) is 0. The average molecular weight is 230 g/mol. The van der Waals surface area contributed by atoms with Crippen molar-refractivity contribution in [1.29, 1.82) is 0 Å². The van der Waals surface area contributed by atoms with Gasteiger partial charge in [0.2, 0.25) is 0 Å². The Morgan fingerprint density at radius 1 is 1.29 bits per heavy atom. The summed E-state index contributed by atoms with van der Waals surface area (Å²) in [7, 11) is 0. The first-order valence-corrected chi connectivity index (χ1v) is 5.57. The van der Waals surface area contributed by atoms with Crippen LogP contribution in [-0.4, -0.2) is 22.7 Å². The molecule has 1 aromatic carbocycles. The third kappa shape index (κ3) is 2.93. The Morgan fingerprint density at radius 2 is 2.12 bits per heavy atom. The van der Waals surface area contributed by atoms with Gasteiger partial charge in [-0.3, -0.25) is 4.98 Å². The fourth-order valence-electron chi connectivity index (χ4n) is 1.83. The quantitative estimate of drug-likeness (QED) is 0.793. The highest BCUT2D eigenvalue weighted by Gasteiger charge is 2.02. The van der Waals surface area contributed by atoms with Crippen LogP contribution in [-0.2, 0) is 6.42 Å². The number of hydrogen-bond acceptors (Lipinski definition) is 2. The third-order valence-corrected chi connectivity index (χ3v) is 2.62. The Hall–Kier alpha value is -2.10. The van der Waals surface area contributed by atoms with E-state index in [1.54, 1.807) is 6.20 Å². The topological polar surface area (TPSA) is 62.2 Å². The normalized spacial score (nSPS) is 10.4. The van der Waals surface area contributed by atoms with E-state index in [1.165, 1.54) is 5.39 Å². The maximum atomic E-state index is 10.3. The van der Waals surface area contributed by atoms with Gasteiger partial charge in [0.05, 0.1) is 0 Å². The van der Waals surface area contributed by atoms with Crippen molar-refractivity contribution in [2.24, 2.45) is 0 Å². The first-order valence-electron chi connectivity index (χ1n) is 5.57. The van der Waals surface area contributed by atoms with Gasteiger partial charge in [0.25, 0.3) is 0 Å². The number of amides is 1. The van der Waals surface area contributed by atoms with Crippen LogP contribution in [0.25, 0.3) is 10.8 Å². The summed E-state index contributed by atoms with van der Waals surface area (Å²) in [5, 5.41) is 13.1. The molecular weight excluding hydrogens is 216 g/mol. The third-order valence-electron chi connectivity index (χ3n) is 2.62. The molecule has 1 aromatic heterocycles. The van der Waals surface area contributed by atoms with Crippen LogP contribution in [0.4, 0.5) is 4.79 Å². The Morgan fingerprint density at radius 3 is 2.94 bits per heavy atom. The van der Waals surface area contributed by atoms with Crippen LogP contribution in [0, 0.1) is 0 Å². The molecule has 0 saturated heterocycles. The van der Waals surface area contributed by atoms with Crippen LogP contribution < -0.4 is 5.32 Å². The van der Waals surface area contributed by atoms with Gasteiger partial charge in [-0.05, 0) is 24.3 Å². The highest BCUT2D eigenvalue weighted by atomic mass is 16.4. The van der Waals surface area contributed by atoms with Gasteiger partial charge in [-0.15, -0.1) is 0 Å². The van der Waals surface area contributed by atoms with Crippen LogP contribution >= 0.6 is 0 Å². The van der Waals surface area contributed by atoms with Crippen molar-refractivity contribution >= 4 is 16.9 Å². The molecule has 1 heterocycles. The number of aromatic nitrogens is 1. The molecule has 0 aliphatic rings. The number of rotatable bonds is 4. The van der Waals surface area contributed by atoms with Gasteiger partial charge in [-0.25, -0.2) is 4.79 Å². The molecule has 0 aliphatic heterocycles. The van der Waals surface area contributed by atoms with Crippen LogP contribution in [0.2, 0.25) is 0 Å². The molecule has 17 heavy (non-hydrogen) atoms. The second-order valence-corrected chi connectivity index (χ2v) is 3.81. The monoisotopic (exact) mass is 230 g/mol. The first kappa shape index (κ1) is 11.4. The van der Waals surface area contributed by atoms with Crippen LogP contribution in [0.15, 0.2) is 36.5 Å². The summed E-state index contributed by atoms with van der Waals surface area (Å²) in [5.41, 5.74) is 1.02. The Kier molecular flexibility index (Phi) is 3.55. The Labute approximate surface area is 99.3 Å². The summed E-state index contributed by atoms with van der Waals surface area (Å²) in [6.45, 7) is 0.459. The van der Waals surface area contributed by atoms with Gasteiger partial charge in [-0.2, -0.15) is 0 Å². The molecule has 0 fully saturated rings. The summed E-state index contributed by atoms with van der Waals surface area (Å²) < 4.78 is 0. The molecule has 4 heteroatoms. The van der Waals surface area contributed by atoms with Crippen molar-refractivity contribution < 1.29 is 9.90 Å². The number of hydrogen-bond donors (Lipinski definition) is 2. The predicted octanol–water partition coefficient (Wildman–Crippen LogP) is 2.44. The maximum absolute atomic E-state index is 10.3. The highest BCUT2D eigenvalue weighted by Crippen LogP contribution is 2.17. The van der Waals surface area contributed by atoms with Crippen molar-refractivity contribution in [3.63, 3.8) is 0 Å². The lowest BCUT2D eigenvalue weighted by molar-refractivity contribution is 0.194. The Bertz CT molecular complexity index is 520. The molecule has 0 unspecified atom stereocenters. The molecule has 0 atom stereocenters. The van der Waals surface area contributed by atoms with E-state index in [0.29, 0.717) is 6.54 Å². The molecule has 2 N–H and O–H groups in total. The maximum Gasteiger partial charge on any atom is 0.404 e. The first-order chi connectivity index (χ1) is 8.27. The molecule has 4 nitrogen and oxygen atoms in total. The van der Waals surface area contributed by atoms with Crippen molar-refractivity contribution in [3.8, 4) is 0 Å². The lowest BCUT2D eigenvalue weighted by atomic mass is 10.1. The predicted molar refractivity (Wildman–Crippen MR) is 66.1 cm³/mol. The molecule has 88 valence electrons. The Balaban J connectivity index is 2.05. The van der Waals surface area contributed by atoms with E-state index in [4.69, 9.17) is 5.11 Å². The van der Waals surface area contributed by atoms with E-state index in [-0.39, 0.29) is 0 Å². The number of nitrogens with one attached hydrogen (secondary N) is 1. The molecule has 0 aliphatic carbocycles. The minimum Gasteiger partial charge on any atom is -0.465 e. The van der Waals surface area contributed by atoms with Gasteiger partial charge in [-0.1, -0.05) is 24.3 Å². The smallest absolute Gasteiger partial charge is 0.404 e. The molecule has 0 saturated carbocycles. The standard InChI is InChI=1S/C13H14N2O2/c16-13(17)15-8-3-6-12-11-5-2-1-4-10(11)7-9-14-12/h1-2,4-5,7,9,15H,3,6,8H2,(H,16,17). The van der Waals surface area contributed by atoms with Gasteiger partial charge >= 0.3 is 6.09 Å². The molecule has 0 bridgehead atoms. The highest BCUT2D eigenvalue weighted by molar-refractivity contribution is 5.84. The molecule has 2 aromatic rings. The van der Waals surface area contributed by atoms with Gasteiger partial charge in [0.1, 0.15) is 0 Å². The molecule has 2 rings (SSSR count). The number of fused-ring (bicyclic) bond motifs is 1. The van der Waals surface area contributed by atoms with E-state index in [2.05, 4.69) is 16.4 Å². The van der Waals surface area contributed by atoms with Gasteiger partial charge in [0.15, 0.2) is 0 Å². The number of benzene rings is 1. The second kappa shape index (κ2) is 5.30. The van der Waals surface area contributed by atoms with E-state index < -0.39 is 6.09 Å². The zero-order valence-electron chi connectivity index (χ0n) is 9.39. The number of carboxylic acid groups (broad SMARTS) is 1. The number of carbonyl (C=O) groups is 1. The molecular formula is C13H14N2O2. The van der Waals surface area contributed by atoms with Crippen molar-refractivity contribution in [2.45, 2.75) is 12.8 Å². The van der Waals surface area contributed by atoms with Crippen molar-refractivity contribution in [2.75, 3.05) is 6.54 Å². The van der Waals surface area contributed by atoms with Crippen LogP contribution in [0.1, 0.15) is 12.1 Å². The number of pyridine rings is 1. The minimum atomic E-state index is -0.976. The van der Waals surface area contributed by atoms with E-state index in [9.17, 15) is 4.79 Å². The second-order valence-electron chi connectivity index (χ2n) is 3.81. The lowest BCUT2D eigenvalue weighted by Crippen LogP contribution is -2.22.